The molecule has 2 saturated carbocycles. The van der Waals surface area contributed by atoms with Crippen molar-refractivity contribution in [3.8, 4) is 5.75 Å². The molecule has 4 fully saturated rings. The molecule has 4 aliphatic carbocycles. The largest absolute Gasteiger partial charge is 0.534 e. The van der Waals surface area contributed by atoms with Gasteiger partial charge in [-0.05, 0) is 129 Å². The average molecular weight is 797 g/mol. The van der Waals surface area contributed by atoms with Gasteiger partial charge in [0.25, 0.3) is 0 Å². The van der Waals surface area contributed by atoms with Crippen molar-refractivity contribution in [2.75, 3.05) is 13.1 Å². The Morgan fingerprint density at radius 2 is 1.14 bits per heavy atom. The minimum atomic E-state index is -5.68. The topological polar surface area (TPSA) is 49.9 Å². The van der Waals surface area contributed by atoms with Crippen LogP contribution in [-0.4, -0.2) is 48.9 Å². The molecule has 0 aromatic heterocycles. The Balaban J connectivity index is 0.000000153. The lowest BCUT2D eigenvalue weighted by Crippen LogP contribution is -2.60. The van der Waals surface area contributed by atoms with Crippen molar-refractivity contribution in [3.63, 3.8) is 0 Å². The predicted octanol–water partition coefficient (Wildman–Crippen LogP) is 10.4. The fraction of sp³-hybridized carbons (Fsp3) is 0.500. The van der Waals surface area contributed by atoms with Crippen molar-refractivity contribution >= 4 is 10.1 Å². The van der Waals surface area contributed by atoms with E-state index in [1.54, 1.807) is 23.3 Å². The maximum atomic E-state index is 12.8. The maximum Gasteiger partial charge on any atom is 0.534 e. The first-order chi connectivity index (χ1) is 27.5. The monoisotopic (exact) mass is 796 g/mol. The van der Waals surface area contributed by atoms with Crippen LogP contribution in [0.15, 0.2) is 97.1 Å². The molecule has 10 rings (SSSR count). The number of hydrogen-bond acceptors (Lipinski definition) is 5. The Labute approximate surface area is 336 Å². The van der Waals surface area contributed by atoms with Crippen LogP contribution in [0.25, 0.3) is 0 Å². The van der Waals surface area contributed by atoms with Gasteiger partial charge in [0.05, 0.1) is 0 Å². The number of rotatable bonds is 6. The van der Waals surface area contributed by atoms with Gasteiger partial charge in [-0.15, -0.1) is 0 Å². The van der Waals surface area contributed by atoms with E-state index >= 15 is 0 Å². The normalized spacial score (nSPS) is 29.4. The van der Waals surface area contributed by atoms with Crippen LogP contribution in [0.2, 0.25) is 0 Å². The fourth-order valence-corrected chi connectivity index (χ4v) is 13.0. The molecule has 0 radical (unpaired) electrons. The Hall–Kier alpha value is -3.66. The summed E-state index contributed by atoms with van der Waals surface area (Å²) in [6.45, 7) is 6.47. The summed E-state index contributed by atoms with van der Waals surface area (Å²) >= 11 is 0. The number of nitrogens with zero attached hydrogens (tertiary/aromatic N) is 2. The minimum Gasteiger partial charge on any atom is -0.376 e. The zero-order chi connectivity index (χ0) is 39.4. The molecule has 6 unspecified atom stereocenters. The Bertz CT molecular complexity index is 2180. The van der Waals surface area contributed by atoms with Gasteiger partial charge in [-0.25, -0.2) is 0 Å². The summed E-state index contributed by atoms with van der Waals surface area (Å²) in [5, 5.41) is 0. The van der Waals surface area contributed by atoms with Gasteiger partial charge in [-0.1, -0.05) is 116 Å². The second-order valence-corrected chi connectivity index (χ2v) is 19.5. The SMILES string of the molecule is Cc1ccc2c(c1)C13CCCCC1C(C2)N(Cc1ccccc1)CC3.O=S(=O)(Oc1ccc2c(c1)C13CCCCC1C(C2)N(Cc1ccccc1)CC3)C(F)(F)F. The van der Waals surface area contributed by atoms with Crippen LogP contribution in [0.4, 0.5) is 13.2 Å². The van der Waals surface area contributed by atoms with Crippen molar-refractivity contribution in [1.29, 1.82) is 0 Å². The van der Waals surface area contributed by atoms with E-state index < -0.39 is 15.6 Å². The summed E-state index contributed by atoms with van der Waals surface area (Å²) in [5.41, 5.74) is 4.59. The first-order valence-corrected chi connectivity index (χ1v) is 22.7. The molecule has 2 heterocycles. The molecular formula is C48H55F3N2O3S. The van der Waals surface area contributed by atoms with Gasteiger partial charge < -0.3 is 4.18 Å². The molecule has 4 aromatic rings. The molecule has 2 saturated heterocycles. The Morgan fingerprint density at radius 3 is 1.65 bits per heavy atom. The van der Waals surface area contributed by atoms with Gasteiger partial charge in [-0.3, -0.25) is 9.80 Å². The minimum absolute atomic E-state index is 0.120. The van der Waals surface area contributed by atoms with E-state index in [2.05, 4.69) is 93.7 Å². The van der Waals surface area contributed by atoms with E-state index in [1.807, 2.05) is 6.07 Å². The fourth-order valence-electron chi connectivity index (χ4n) is 12.5. The number of likely N-dealkylation sites (tertiary alicyclic amines) is 2. The van der Waals surface area contributed by atoms with Gasteiger partial charge >= 0.3 is 15.6 Å². The van der Waals surface area contributed by atoms with Crippen LogP contribution in [-0.2, 0) is 46.9 Å². The van der Waals surface area contributed by atoms with Crippen molar-refractivity contribution in [2.45, 2.75) is 125 Å². The molecule has 4 bridgehead atoms. The first-order valence-electron chi connectivity index (χ1n) is 21.3. The van der Waals surface area contributed by atoms with Gasteiger partial charge in [0.15, 0.2) is 0 Å². The van der Waals surface area contributed by atoms with Crippen LogP contribution in [0.3, 0.4) is 0 Å². The number of fused-ring (bicyclic) bond motifs is 2. The standard InChI is InChI=1S/C24H26F3NO3S.C24H29N/c25-24(26,27)32(29,30)31-19-10-9-18-14-22-20-8-4-5-11-23(20,21(18)15-19)12-13-28(22)16-17-6-2-1-3-7-17;1-18-10-11-20-16-23-21-9-5-6-12-24(21,22(20)15-18)13-14-25(23)17-19-7-3-2-4-8-19/h1-3,6-7,9-10,15,20,22H,4-5,8,11-14,16H2;2-4,7-8,10-11,15,21,23H,5-6,9,12-14,16-17H2,1H3. The smallest absolute Gasteiger partial charge is 0.376 e. The first kappa shape index (κ1) is 38.8. The predicted molar refractivity (Wildman–Crippen MR) is 218 cm³/mol. The number of piperidine rings is 2. The summed E-state index contributed by atoms with van der Waals surface area (Å²) in [6, 6.07) is 34.6. The quantitative estimate of drug-likeness (QED) is 0.144. The summed E-state index contributed by atoms with van der Waals surface area (Å²) < 4.78 is 66.1. The number of halogens is 3. The van der Waals surface area contributed by atoms with Gasteiger partial charge in [-0.2, -0.15) is 21.6 Å². The molecule has 9 heteroatoms. The number of benzene rings is 4. The van der Waals surface area contributed by atoms with Crippen LogP contribution < -0.4 is 4.18 Å². The highest BCUT2D eigenvalue weighted by atomic mass is 32.2. The zero-order valence-electron chi connectivity index (χ0n) is 33.0. The van der Waals surface area contributed by atoms with Crippen LogP contribution in [0.1, 0.15) is 103 Å². The molecular weight excluding hydrogens is 742 g/mol. The summed E-state index contributed by atoms with van der Waals surface area (Å²) in [6.07, 6.45) is 14.4. The average Bonchev–Trinajstić information content (AvgIpc) is 3.21. The van der Waals surface area contributed by atoms with Gasteiger partial charge in [0.2, 0.25) is 0 Å². The summed E-state index contributed by atoms with van der Waals surface area (Å²) in [5.74, 6) is 1.04. The molecule has 0 N–H and O–H groups in total. The third-order valence-corrected chi connectivity index (χ3v) is 16.0. The summed E-state index contributed by atoms with van der Waals surface area (Å²) in [4.78, 5) is 5.37. The molecule has 6 atom stereocenters. The zero-order valence-corrected chi connectivity index (χ0v) is 33.8. The van der Waals surface area contributed by atoms with E-state index in [1.165, 1.54) is 67.8 Å². The van der Waals surface area contributed by atoms with E-state index in [4.69, 9.17) is 0 Å². The molecule has 5 nitrogen and oxygen atoms in total. The number of aryl methyl sites for hydroxylation is 1. The lowest BCUT2D eigenvalue weighted by Gasteiger charge is -2.59. The third-order valence-electron chi connectivity index (χ3n) is 15.0. The van der Waals surface area contributed by atoms with Crippen molar-refractivity contribution in [2.24, 2.45) is 11.8 Å². The third kappa shape index (κ3) is 7.14. The van der Waals surface area contributed by atoms with Crippen molar-refractivity contribution < 1.29 is 25.8 Å². The van der Waals surface area contributed by atoms with E-state index in [-0.39, 0.29) is 11.2 Å². The molecule has 2 aliphatic heterocycles. The second-order valence-electron chi connectivity index (χ2n) is 17.9. The van der Waals surface area contributed by atoms with Crippen LogP contribution >= 0.6 is 0 Å². The van der Waals surface area contributed by atoms with Crippen LogP contribution in [0, 0.1) is 18.8 Å². The van der Waals surface area contributed by atoms with E-state index in [0.717, 1.165) is 81.2 Å². The number of hydrogen-bond donors (Lipinski definition) is 0. The van der Waals surface area contributed by atoms with E-state index in [9.17, 15) is 21.6 Å². The van der Waals surface area contributed by atoms with Crippen molar-refractivity contribution in [1.82, 2.24) is 9.80 Å². The van der Waals surface area contributed by atoms with E-state index in [0.29, 0.717) is 17.4 Å². The molecule has 4 aromatic carbocycles. The second kappa shape index (κ2) is 15.2. The van der Waals surface area contributed by atoms with Crippen molar-refractivity contribution in [3.05, 3.63) is 136 Å². The lowest BCUT2D eigenvalue weighted by atomic mass is 9.52. The maximum absolute atomic E-state index is 12.8. The Morgan fingerprint density at radius 1 is 0.649 bits per heavy atom. The molecule has 57 heavy (non-hydrogen) atoms. The molecule has 0 amide bonds. The highest BCUT2D eigenvalue weighted by Crippen LogP contribution is 2.58. The highest BCUT2D eigenvalue weighted by Gasteiger charge is 2.55. The van der Waals surface area contributed by atoms with Gasteiger partial charge in [0, 0.05) is 36.0 Å². The molecule has 302 valence electrons. The van der Waals surface area contributed by atoms with Crippen LogP contribution in [0.5, 0.6) is 5.75 Å². The summed E-state index contributed by atoms with van der Waals surface area (Å²) in [7, 11) is -5.68. The number of alkyl halides is 3. The molecule has 0 spiro atoms. The Kier molecular flexibility index (Phi) is 10.3. The van der Waals surface area contributed by atoms with Gasteiger partial charge in [0.1, 0.15) is 5.75 Å². The highest BCUT2D eigenvalue weighted by molar-refractivity contribution is 7.88. The molecule has 6 aliphatic rings. The lowest BCUT2D eigenvalue weighted by molar-refractivity contribution is -0.0500.